The van der Waals surface area contributed by atoms with Gasteiger partial charge in [0.15, 0.2) is 0 Å². The third kappa shape index (κ3) is 2.79. The molecule has 0 fully saturated rings. The first-order valence-corrected chi connectivity index (χ1v) is 10.2. The Morgan fingerprint density at radius 3 is 2.73 bits per heavy atom. The van der Waals surface area contributed by atoms with Crippen molar-refractivity contribution in [3.05, 3.63) is 71.4 Å². The van der Waals surface area contributed by atoms with E-state index in [1.165, 1.54) is 16.5 Å². The summed E-state index contributed by atoms with van der Waals surface area (Å²) in [7, 11) is 4.00. The molecule has 0 unspecified atom stereocenters. The molecule has 2 aromatic heterocycles. The highest BCUT2D eigenvalue weighted by molar-refractivity contribution is 6.23. The van der Waals surface area contributed by atoms with E-state index in [4.69, 9.17) is 10.4 Å². The Bertz CT molecular complexity index is 1340. The van der Waals surface area contributed by atoms with Gasteiger partial charge in [0.25, 0.3) is 0 Å². The molecule has 0 saturated carbocycles. The van der Waals surface area contributed by atoms with E-state index in [0.29, 0.717) is 30.3 Å². The molecule has 0 radical (unpaired) electrons. The molecule has 1 aliphatic rings. The lowest BCUT2D eigenvalue weighted by molar-refractivity contribution is 0.351. The maximum atomic E-state index is 10.7. The number of imidazole rings is 1. The number of aryl methyl sites for hydroxylation is 3. The fourth-order valence-electron chi connectivity index (χ4n) is 4.47. The first kappa shape index (κ1) is 18.5. The molecule has 6 nitrogen and oxygen atoms in total. The molecule has 152 valence electrons. The van der Waals surface area contributed by atoms with Gasteiger partial charge in [-0.15, -0.1) is 0 Å². The van der Waals surface area contributed by atoms with Crippen LogP contribution >= 0.6 is 0 Å². The molecule has 5 rings (SSSR count). The van der Waals surface area contributed by atoms with Crippen molar-refractivity contribution in [1.82, 2.24) is 19.0 Å². The third-order valence-corrected chi connectivity index (χ3v) is 6.07. The topological polar surface area (TPSA) is 70.1 Å². The lowest BCUT2D eigenvalue weighted by atomic mass is 10.1. The van der Waals surface area contributed by atoms with Crippen LogP contribution in [0.5, 0.6) is 0 Å². The molecule has 0 saturated heterocycles. The first-order chi connectivity index (χ1) is 14.4. The Hall–Kier alpha value is -3.54. The fourth-order valence-corrected chi connectivity index (χ4v) is 4.47. The second-order valence-electron chi connectivity index (χ2n) is 8.11. The molecular weight excluding hydrogens is 374 g/mol. The maximum absolute atomic E-state index is 10.7. The van der Waals surface area contributed by atoms with E-state index in [9.17, 15) is 5.11 Å². The summed E-state index contributed by atoms with van der Waals surface area (Å²) in [6, 6.07) is 14.5. The molecule has 3 heterocycles. The Kier molecular flexibility index (Phi) is 4.17. The van der Waals surface area contributed by atoms with Gasteiger partial charge < -0.3 is 19.1 Å². The highest BCUT2D eigenvalue weighted by atomic mass is 16.3. The molecule has 6 heteroatoms. The van der Waals surface area contributed by atoms with Crippen molar-refractivity contribution in [2.24, 2.45) is 14.1 Å². The SMILES string of the molecule is Cc1ccc2c(c1)nc(C1=C(O)CN(CCc3cn(C)c4ccccc34)C1=N)n2C. The largest absolute Gasteiger partial charge is 0.510 e. The Labute approximate surface area is 175 Å². The fraction of sp³-hybridized carbons (Fsp3) is 0.250. The van der Waals surface area contributed by atoms with Crippen LogP contribution in [0, 0.1) is 12.3 Å². The standard InChI is InChI=1S/C24H25N5O/c1-15-8-9-20-18(12-15)26-24(28(20)3)22-21(30)14-29(23(22)25)11-10-16-13-27(2)19-7-5-4-6-17(16)19/h4-9,12-13,25,30H,10-11,14H2,1-3H3. The van der Waals surface area contributed by atoms with Crippen LogP contribution in [-0.4, -0.2) is 43.0 Å². The number of aromatic nitrogens is 3. The number of aliphatic hydroxyl groups is 1. The van der Waals surface area contributed by atoms with Gasteiger partial charge in [0.2, 0.25) is 0 Å². The van der Waals surface area contributed by atoms with Gasteiger partial charge in [-0.1, -0.05) is 24.3 Å². The van der Waals surface area contributed by atoms with Gasteiger partial charge in [-0.3, -0.25) is 5.41 Å². The van der Waals surface area contributed by atoms with Crippen LogP contribution in [0.1, 0.15) is 17.0 Å². The summed E-state index contributed by atoms with van der Waals surface area (Å²) in [5, 5.41) is 20.7. The number of nitrogens with one attached hydrogen (secondary N) is 1. The van der Waals surface area contributed by atoms with E-state index in [1.54, 1.807) is 0 Å². The molecule has 0 bridgehead atoms. The van der Waals surface area contributed by atoms with Gasteiger partial charge in [0.05, 0.1) is 23.2 Å². The van der Waals surface area contributed by atoms with Crippen molar-refractivity contribution in [3.8, 4) is 0 Å². The van der Waals surface area contributed by atoms with E-state index in [1.807, 2.05) is 35.6 Å². The van der Waals surface area contributed by atoms with Gasteiger partial charge in [0.1, 0.15) is 17.4 Å². The van der Waals surface area contributed by atoms with Crippen LogP contribution in [0.3, 0.4) is 0 Å². The smallest absolute Gasteiger partial charge is 0.148 e. The van der Waals surface area contributed by atoms with Crippen molar-refractivity contribution in [3.63, 3.8) is 0 Å². The van der Waals surface area contributed by atoms with Crippen LogP contribution in [0.25, 0.3) is 27.5 Å². The van der Waals surface area contributed by atoms with Crippen molar-refractivity contribution < 1.29 is 5.11 Å². The molecule has 0 amide bonds. The van der Waals surface area contributed by atoms with Crippen LogP contribution in [0.4, 0.5) is 0 Å². The summed E-state index contributed by atoms with van der Waals surface area (Å²) in [5.41, 5.74) is 6.02. The third-order valence-electron chi connectivity index (χ3n) is 6.07. The molecule has 2 aromatic carbocycles. The minimum Gasteiger partial charge on any atom is -0.510 e. The van der Waals surface area contributed by atoms with Crippen LogP contribution in [0.15, 0.2) is 54.4 Å². The zero-order valence-electron chi connectivity index (χ0n) is 17.5. The number of hydrogen-bond acceptors (Lipinski definition) is 3. The maximum Gasteiger partial charge on any atom is 0.148 e. The predicted octanol–water partition coefficient (Wildman–Crippen LogP) is 4.18. The summed E-state index contributed by atoms with van der Waals surface area (Å²) < 4.78 is 4.10. The van der Waals surface area contributed by atoms with Crippen molar-refractivity contribution in [1.29, 1.82) is 5.41 Å². The number of nitrogens with zero attached hydrogens (tertiary/aromatic N) is 4. The average molecular weight is 399 g/mol. The minimum atomic E-state index is 0.216. The van der Waals surface area contributed by atoms with Crippen molar-refractivity contribution in [2.75, 3.05) is 13.1 Å². The average Bonchev–Trinajstić information content (AvgIpc) is 3.32. The minimum absolute atomic E-state index is 0.216. The van der Waals surface area contributed by atoms with E-state index < -0.39 is 0 Å². The summed E-state index contributed by atoms with van der Waals surface area (Å²) in [6.07, 6.45) is 2.97. The van der Waals surface area contributed by atoms with Crippen molar-refractivity contribution >= 4 is 33.3 Å². The van der Waals surface area contributed by atoms with Crippen molar-refractivity contribution in [2.45, 2.75) is 13.3 Å². The zero-order valence-corrected chi connectivity index (χ0v) is 17.5. The Morgan fingerprint density at radius 2 is 1.90 bits per heavy atom. The van der Waals surface area contributed by atoms with Gasteiger partial charge in [-0.05, 0) is 42.7 Å². The van der Waals surface area contributed by atoms with E-state index in [2.05, 4.69) is 48.1 Å². The number of rotatable bonds is 4. The van der Waals surface area contributed by atoms with E-state index >= 15 is 0 Å². The molecular formula is C24H25N5O. The van der Waals surface area contributed by atoms with Gasteiger partial charge in [-0.25, -0.2) is 4.98 Å². The molecule has 4 aromatic rings. The summed E-state index contributed by atoms with van der Waals surface area (Å²) in [6.45, 7) is 3.06. The Morgan fingerprint density at radius 1 is 1.10 bits per heavy atom. The number of amidine groups is 1. The van der Waals surface area contributed by atoms with Gasteiger partial charge in [-0.2, -0.15) is 0 Å². The zero-order chi connectivity index (χ0) is 21.0. The molecule has 0 aliphatic carbocycles. The van der Waals surface area contributed by atoms with Crippen LogP contribution < -0.4 is 0 Å². The number of benzene rings is 2. The second kappa shape index (κ2) is 6.76. The molecule has 1 aliphatic heterocycles. The quantitative estimate of drug-likeness (QED) is 0.541. The summed E-state index contributed by atoms with van der Waals surface area (Å²) in [4.78, 5) is 6.65. The van der Waals surface area contributed by atoms with E-state index in [0.717, 1.165) is 23.0 Å². The highest BCUT2D eigenvalue weighted by Gasteiger charge is 2.31. The lowest BCUT2D eigenvalue weighted by Crippen LogP contribution is -2.29. The number of hydrogen-bond donors (Lipinski definition) is 2. The first-order valence-electron chi connectivity index (χ1n) is 10.2. The molecule has 30 heavy (non-hydrogen) atoms. The van der Waals surface area contributed by atoms with Gasteiger partial charge >= 0.3 is 0 Å². The molecule has 0 atom stereocenters. The molecule has 0 spiro atoms. The number of fused-ring (bicyclic) bond motifs is 2. The lowest BCUT2D eigenvalue weighted by Gasteiger charge is -2.18. The van der Waals surface area contributed by atoms with Crippen LogP contribution in [-0.2, 0) is 20.5 Å². The molecule has 2 N–H and O–H groups in total. The van der Waals surface area contributed by atoms with Gasteiger partial charge in [0, 0.05) is 37.7 Å². The summed E-state index contributed by atoms with van der Waals surface area (Å²) >= 11 is 0. The number of para-hydroxylation sites is 1. The highest BCUT2D eigenvalue weighted by Crippen LogP contribution is 2.30. The summed E-state index contributed by atoms with van der Waals surface area (Å²) in [5.74, 6) is 1.20. The predicted molar refractivity (Wildman–Crippen MR) is 121 cm³/mol. The Balaban J connectivity index is 1.41. The number of aliphatic hydroxyl groups excluding tert-OH is 1. The second-order valence-corrected chi connectivity index (χ2v) is 8.11. The van der Waals surface area contributed by atoms with Crippen LogP contribution in [0.2, 0.25) is 0 Å². The monoisotopic (exact) mass is 399 g/mol. The normalized spacial score (nSPS) is 14.6. The van der Waals surface area contributed by atoms with E-state index in [-0.39, 0.29) is 5.76 Å².